The topological polar surface area (TPSA) is 35.0 Å². The Morgan fingerprint density at radius 3 is 2.62 bits per heavy atom. The van der Waals surface area contributed by atoms with E-state index in [0.717, 1.165) is 11.1 Å². The van der Waals surface area contributed by atoms with E-state index < -0.39 is 6.61 Å². The number of hydrogen-bond donors (Lipinski definition) is 0. The maximum Gasteiger partial charge on any atom is 0.388 e. The van der Waals surface area contributed by atoms with Crippen LogP contribution in [0.3, 0.4) is 0 Å². The summed E-state index contributed by atoms with van der Waals surface area (Å²) >= 11 is 6.00. The van der Waals surface area contributed by atoms with Crippen LogP contribution in [0.15, 0.2) is 61.1 Å². The maximum absolute atomic E-state index is 12.6. The molecule has 0 fully saturated rings. The zero-order chi connectivity index (χ0) is 16.9. The van der Waals surface area contributed by atoms with Gasteiger partial charge in [0.2, 0.25) is 5.88 Å². The molecule has 3 rings (SSSR count). The van der Waals surface area contributed by atoms with Gasteiger partial charge < -0.3 is 4.74 Å². The minimum atomic E-state index is -2.94. The first kappa shape index (κ1) is 16.3. The number of alkyl halides is 2. The molecular weight excluding hydrogens is 334 g/mol. The molecule has 122 valence electrons. The molecular formula is C18H13ClF2N2O. The van der Waals surface area contributed by atoms with Gasteiger partial charge in [0.1, 0.15) is 0 Å². The van der Waals surface area contributed by atoms with E-state index in [1.165, 1.54) is 6.20 Å². The van der Waals surface area contributed by atoms with E-state index in [4.69, 9.17) is 11.6 Å². The monoisotopic (exact) mass is 346 g/mol. The summed E-state index contributed by atoms with van der Waals surface area (Å²) in [4.78, 5) is 8.12. The van der Waals surface area contributed by atoms with Crippen LogP contribution in [-0.2, 0) is 6.42 Å². The third-order valence-electron chi connectivity index (χ3n) is 3.38. The van der Waals surface area contributed by atoms with Crippen LogP contribution < -0.4 is 4.74 Å². The highest BCUT2D eigenvalue weighted by atomic mass is 35.5. The molecule has 2 aromatic heterocycles. The van der Waals surface area contributed by atoms with Gasteiger partial charge in [-0.25, -0.2) is 4.98 Å². The Labute approximate surface area is 142 Å². The molecule has 24 heavy (non-hydrogen) atoms. The van der Waals surface area contributed by atoms with Crippen LogP contribution >= 0.6 is 11.6 Å². The molecule has 2 heterocycles. The van der Waals surface area contributed by atoms with Crippen molar-refractivity contribution >= 4 is 11.6 Å². The molecule has 3 aromatic rings. The molecule has 6 heteroatoms. The van der Waals surface area contributed by atoms with Crippen molar-refractivity contribution in [2.45, 2.75) is 13.0 Å². The standard InChI is InChI=1S/C18H13ClF2N2O/c19-15-5-1-4-14(9-15)16-8-13(7-12-3-2-6-22-10-12)11-23-17(16)24-18(20)21/h1-6,8-11,18H,7H2. The van der Waals surface area contributed by atoms with E-state index in [9.17, 15) is 8.78 Å². The lowest BCUT2D eigenvalue weighted by atomic mass is 10.0. The third kappa shape index (κ3) is 4.06. The Balaban J connectivity index is 2.00. The predicted octanol–water partition coefficient (Wildman–Crippen LogP) is 4.99. The number of aromatic nitrogens is 2. The molecule has 0 spiro atoms. The van der Waals surface area contributed by atoms with Crippen LogP contribution in [0.25, 0.3) is 11.1 Å². The SMILES string of the molecule is FC(F)Oc1ncc(Cc2cccnc2)cc1-c1cccc(Cl)c1. The van der Waals surface area contributed by atoms with Crippen molar-refractivity contribution in [2.75, 3.05) is 0 Å². The highest BCUT2D eigenvalue weighted by Crippen LogP contribution is 2.32. The van der Waals surface area contributed by atoms with Crippen LogP contribution in [-0.4, -0.2) is 16.6 Å². The Morgan fingerprint density at radius 1 is 1.04 bits per heavy atom. The minimum Gasteiger partial charge on any atom is -0.416 e. The average molecular weight is 347 g/mol. The Kier molecular flexibility index (Phi) is 5.01. The van der Waals surface area contributed by atoms with Gasteiger partial charge in [0.05, 0.1) is 0 Å². The molecule has 0 bridgehead atoms. The molecule has 0 atom stereocenters. The fourth-order valence-corrected chi connectivity index (χ4v) is 2.56. The van der Waals surface area contributed by atoms with Gasteiger partial charge in [-0.3, -0.25) is 4.98 Å². The van der Waals surface area contributed by atoms with Gasteiger partial charge in [0, 0.05) is 35.6 Å². The van der Waals surface area contributed by atoms with E-state index in [1.54, 1.807) is 42.7 Å². The lowest BCUT2D eigenvalue weighted by Crippen LogP contribution is -2.05. The zero-order valence-corrected chi connectivity index (χ0v) is 13.3. The lowest BCUT2D eigenvalue weighted by molar-refractivity contribution is -0.0524. The van der Waals surface area contributed by atoms with Gasteiger partial charge in [-0.15, -0.1) is 0 Å². The third-order valence-corrected chi connectivity index (χ3v) is 3.61. The Hall–Kier alpha value is -2.53. The first-order chi connectivity index (χ1) is 11.6. The van der Waals surface area contributed by atoms with Crippen LogP contribution in [0.4, 0.5) is 8.78 Å². The highest BCUT2D eigenvalue weighted by molar-refractivity contribution is 6.30. The summed E-state index contributed by atoms with van der Waals surface area (Å²) in [5, 5.41) is 0.508. The summed E-state index contributed by atoms with van der Waals surface area (Å²) in [7, 11) is 0. The molecule has 1 aromatic carbocycles. The predicted molar refractivity (Wildman–Crippen MR) is 88.4 cm³/mol. The molecule has 0 amide bonds. The summed E-state index contributed by atoms with van der Waals surface area (Å²) in [6.45, 7) is -2.94. The van der Waals surface area contributed by atoms with Crippen molar-refractivity contribution < 1.29 is 13.5 Å². The Morgan fingerprint density at radius 2 is 1.92 bits per heavy atom. The van der Waals surface area contributed by atoms with Crippen molar-refractivity contribution in [3.05, 3.63) is 77.2 Å². The number of nitrogens with zero attached hydrogens (tertiary/aromatic N) is 2. The van der Waals surface area contributed by atoms with Crippen molar-refractivity contribution in [1.29, 1.82) is 0 Å². The highest BCUT2D eigenvalue weighted by Gasteiger charge is 2.14. The summed E-state index contributed by atoms with van der Waals surface area (Å²) < 4.78 is 29.8. The van der Waals surface area contributed by atoms with Gasteiger partial charge in [-0.1, -0.05) is 29.8 Å². The minimum absolute atomic E-state index is 0.123. The summed E-state index contributed by atoms with van der Waals surface area (Å²) in [6.07, 6.45) is 5.56. The fraction of sp³-hybridized carbons (Fsp3) is 0.111. The number of hydrogen-bond acceptors (Lipinski definition) is 3. The van der Waals surface area contributed by atoms with Crippen LogP contribution in [0.2, 0.25) is 5.02 Å². The molecule has 0 aliphatic heterocycles. The molecule has 0 aliphatic carbocycles. The van der Waals surface area contributed by atoms with E-state index in [-0.39, 0.29) is 5.88 Å². The molecule has 0 unspecified atom stereocenters. The van der Waals surface area contributed by atoms with E-state index in [1.807, 2.05) is 12.1 Å². The van der Waals surface area contributed by atoms with Crippen molar-refractivity contribution in [3.8, 4) is 17.0 Å². The van der Waals surface area contributed by atoms with Gasteiger partial charge >= 0.3 is 6.61 Å². The van der Waals surface area contributed by atoms with Gasteiger partial charge in [0.15, 0.2) is 0 Å². The van der Waals surface area contributed by atoms with E-state index in [0.29, 0.717) is 22.6 Å². The van der Waals surface area contributed by atoms with Crippen molar-refractivity contribution in [1.82, 2.24) is 9.97 Å². The summed E-state index contributed by atoms with van der Waals surface area (Å²) in [5.74, 6) is -0.123. The molecule has 0 saturated carbocycles. The second kappa shape index (κ2) is 7.36. The number of pyridine rings is 2. The van der Waals surface area contributed by atoms with Gasteiger partial charge in [-0.2, -0.15) is 8.78 Å². The Bertz CT molecular complexity index is 828. The quantitative estimate of drug-likeness (QED) is 0.653. The van der Waals surface area contributed by atoms with Gasteiger partial charge in [-0.05, 0) is 41.0 Å². The first-order valence-corrected chi connectivity index (χ1v) is 7.58. The van der Waals surface area contributed by atoms with Gasteiger partial charge in [0.25, 0.3) is 0 Å². The summed E-state index contributed by atoms with van der Waals surface area (Å²) in [6, 6.07) is 12.5. The van der Waals surface area contributed by atoms with Crippen molar-refractivity contribution in [3.63, 3.8) is 0 Å². The van der Waals surface area contributed by atoms with Crippen LogP contribution in [0, 0.1) is 0 Å². The molecule has 3 nitrogen and oxygen atoms in total. The van der Waals surface area contributed by atoms with Crippen molar-refractivity contribution in [2.24, 2.45) is 0 Å². The van der Waals surface area contributed by atoms with E-state index >= 15 is 0 Å². The summed E-state index contributed by atoms with van der Waals surface area (Å²) in [5.41, 5.74) is 3.00. The smallest absolute Gasteiger partial charge is 0.388 e. The van der Waals surface area contributed by atoms with E-state index in [2.05, 4.69) is 14.7 Å². The van der Waals surface area contributed by atoms with Crippen LogP contribution in [0.5, 0.6) is 5.88 Å². The molecule has 0 saturated heterocycles. The molecule has 0 radical (unpaired) electrons. The average Bonchev–Trinajstić information content (AvgIpc) is 2.57. The molecule has 0 N–H and O–H groups in total. The van der Waals surface area contributed by atoms with Crippen LogP contribution in [0.1, 0.15) is 11.1 Å². The maximum atomic E-state index is 12.6. The second-order valence-corrected chi connectivity index (χ2v) is 5.56. The first-order valence-electron chi connectivity index (χ1n) is 7.20. The lowest BCUT2D eigenvalue weighted by Gasteiger charge is -2.12. The molecule has 0 aliphatic rings. The number of benzene rings is 1. The number of rotatable bonds is 5. The fourth-order valence-electron chi connectivity index (χ4n) is 2.37. The second-order valence-electron chi connectivity index (χ2n) is 5.12. The zero-order valence-electron chi connectivity index (χ0n) is 12.5. The number of ether oxygens (including phenoxy) is 1. The number of halogens is 3. The largest absolute Gasteiger partial charge is 0.416 e. The normalized spacial score (nSPS) is 10.8.